The summed E-state index contributed by atoms with van der Waals surface area (Å²) in [6.07, 6.45) is 1.76. The molecule has 3 heterocycles. The first-order chi connectivity index (χ1) is 18.0. The predicted octanol–water partition coefficient (Wildman–Crippen LogP) is 3.78. The van der Waals surface area contributed by atoms with Gasteiger partial charge in [0.25, 0.3) is 5.56 Å². The van der Waals surface area contributed by atoms with Crippen LogP contribution in [0.15, 0.2) is 87.5 Å². The van der Waals surface area contributed by atoms with Crippen molar-refractivity contribution < 1.29 is 19.1 Å². The van der Waals surface area contributed by atoms with Crippen molar-refractivity contribution in [2.45, 2.75) is 13.0 Å². The Bertz CT molecular complexity index is 1660. The molecule has 0 N–H and O–H groups in total. The van der Waals surface area contributed by atoms with Gasteiger partial charge in [0.1, 0.15) is 6.04 Å². The number of thiophene rings is 1. The number of fused-ring (bicyclic) bond motifs is 1. The van der Waals surface area contributed by atoms with Gasteiger partial charge in [-0.2, -0.15) is 0 Å². The van der Waals surface area contributed by atoms with Crippen LogP contribution in [0, 0.1) is 0 Å². The van der Waals surface area contributed by atoms with Crippen molar-refractivity contribution in [3.8, 4) is 0 Å². The Morgan fingerprint density at radius 3 is 2.43 bits per heavy atom. The molecule has 37 heavy (non-hydrogen) atoms. The molecular weight excluding hydrogens is 508 g/mol. The molecule has 2 aromatic heterocycles. The van der Waals surface area contributed by atoms with E-state index in [9.17, 15) is 14.4 Å². The minimum absolute atomic E-state index is 0.202. The Morgan fingerprint density at radius 1 is 1.03 bits per heavy atom. The van der Waals surface area contributed by atoms with E-state index in [-0.39, 0.29) is 12.2 Å². The fourth-order valence-electron chi connectivity index (χ4n) is 4.14. The second-order valence-electron chi connectivity index (χ2n) is 8.06. The maximum atomic E-state index is 13.8. The van der Waals surface area contributed by atoms with Gasteiger partial charge in [0.05, 0.1) is 35.1 Å². The Morgan fingerprint density at radius 2 is 1.78 bits per heavy atom. The maximum Gasteiger partial charge on any atom is 0.338 e. The minimum Gasteiger partial charge on any atom is -0.465 e. The largest absolute Gasteiger partial charge is 0.465 e. The Hall–Kier alpha value is -4.08. The van der Waals surface area contributed by atoms with Crippen molar-refractivity contribution in [3.05, 3.63) is 119 Å². The average Bonchev–Trinajstić information content (AvgIpc) is 3.57. The number of hydrogen-bond donors (Lipinski definition) is 0. The summed E-state index contributed by atoms with van der Waals surface area (Å²) < 4.78 is 12.2. The number of aromatic nitrogens is 1. The summed E-state index contributed by atoms with van der Waals surface area (Å²) in [5.41, 5.74) is 2.50. The maximum absolute atomic E-state index is 13.8. The van der Waals surface area contributed by atoms with E-state index < -0.39 is 18.0 Å². The lowest BCUT2D eigenvalue weighted by molar-refractivity contribution is -0.138. The van der Waals surface area contributed by atoms with Gasteiger partial charge in [0.2, 0.25) is 0 Å². The molecule has 0 radical (unpaired) electrons. The molecule has 2 aromatic carbocycles. The van der Waals surface area contributed by atoms with Crippen LogP contribution in [-0.4, -0.2) is 30.2 Å². The van der Waals surface area contributed by atoms with Gasteiger partial charge in [-0.25, -0.2) is 14.6 Å². The van der Waals surface area contributed by atoms with E-state index in [1.54, 1.807) is 41.8 Å². The van der Waals surface area contributed by atoms with Gasteiger partial charge in [0.15, 0.2) is 4.80 Å². The molecule has 7 nitrogen and oxygen atoms in total. The highest BCUT2D eigenvalue weighted by atomic mass is 32.1. The Kier molecular flexibility index (Phi) is 6.98. The first-order valence-electron chi connectivity index (χ1n) is 11.5. The molecular formula is C28H22N2O5S2. The lowest BCUT2D eigenvalue weighted by Crippen LogP contribution is -2.39. The second kappa shape index (κ2) is 10.5. The molecule has 0 aliphatic carbocycles. The van der Waals surface area contributed by atoms with Crippen LogP contribution in [0.1, 0.15) is 39.3 Å². The van der Waals surface area contributed by atoms with Crippen LogP contribution in [-0.2, 0) is 14.3 Å². The fraction of sp³-hybridized carbons (Fsp3) is 0.143. The number of esters is 2. The van der Waals surface area contributed by atoms with Gasteiger partial charge in [-0.1, -0.05) is 59.9 Å². The van der Waals surface area contributed by atoms with Crippen molar-refractivity contribution in [1.29, 1.82) is 0 Å². The van der Waals surface area contributed by atoms with Gasteiger partial charge in [-0.3, -0.25) is 9.36 Å². The molecule has 1 aliphatic heterocycles. The third kappa shape index (κ3) is 4.71. The average molecular weight is 531 g/mol. The minimum atomic E-state index is -0.672. The smallest absolute Gasteiger partial charge is 0.338 e. The number of methoxy groups -OCH3 is 1. The number of nitrogens with zero attached hydrogens (tertiary/aromatic N) is 2. The molecule has 186 valence electrons. The molecule has 0 saturated heterocycles. The third-order valence-electron chi connectivity index (χ3n) is 5.82. The van der Waals surface area contributed by atoms with E-state index in [4.69, 9.17) is 14.5 Å². The first-order valence-corrected chi connectivity index (χ1v) is 13.2. The molecule has 9 heteroatoms. The van der Waals surface area contributed by atoms with Crippen LogP contribution < -0.4 is 14.9 Å². The summed E-state index contributed by atoms with van der Waals surface area (Å²) in [7, 11) is 1.33. The quantitative estimate of drug-likeness (QED) is 0.354. The lowest BCUT2D eigenvalue weighted by Gasteiger charge is -2.24. The Balaban J connectivity index is 1.73. The number of thiazole rings is 1. The van der Waals surface area contributed by atoms with Crippen LogP contribution in [0.3, 0.4) is 0 Å². The van der Waals surface area contributed by atoms with Crippen LogP contribution in [0.2, 0.25) is 0 Å². The number of hydrogen-bond acceptors (Lipinski definition) is 8. The number of carbonyl (C=O) groups is 2. The van der Waals surface area contributed by atoms with Crippen molar-refractivity contribution in [1.82, 2.24) is 4.57 Å². The molecule has 0 saturated carbocycles. The summed E-state index contributed by atoms with van der Waals surface area (Å²) >= 11 is 2.72. The van der Waals surface area contributed by atoms with E-state index in [0.717, 1.165) is 16.0 Å². The summed E-state index contributed by atoms with van der Waals surface area (Å²) in [6.45, 7) is 1.95. The molecule has 0 fully saturated rings. The van der Waals surface area contributed by atoms with Crippen LogP contribution in [0.4, 0.5) is 0 Å². The van der Waals surface area contributed by atoms with Crippen LogP contribution >= 0.6 is 22.7 Å². The predicted molar refractivity (Wildman–Crippen MR) is 143 cm³/mol. The molecule has 4 aromatic rings. The third-order valence-corrected chi connectivity index (χ3v) is 7.72. The summed E-state index contributed by atoms with van der Waals surface area (Å²) in [5, 5.41) is 1.92. The first kappa shape index (κ1) is 24.6. The van der Waals surface area contributed by atoms with E-state index in [1.165, 1.54) is 29.8 Å². The zero-order valence-electron chi connectivity index (χ0n) is 20.0. The van der Waals surface area contributed by atoms with Crippen molar-refractivity contribution in [3.63, 3.8) is 0 Å². The topological polar surface area (TPSA) is 87.0 Å². The van der Waals surface area contributed by atoms with Gasteiger partial charge in [0, 0.05) is 10.4 Å². The lowest BCUT2D eigenvalue weighted by atomic mass is 9.97. The summed E-state index contributed by atoms with van der Waals surface area (Å²) in [6, 6.07) is 19.4. The monoisotopic (exact) mass is 530 g/mol. The van der Waals surface area contributed by atoms with Crippen molar-refractivity contribution in [2.24, 2.45) is 4.99 Å². The molecule has 5 rings (SSSR count). The van der Waals surface area contributed by atoms with E-state index in [1.807, 2.05) is 47.8 Å². The van der Waals surface area contributed by atoms with Gasteiger partial charge in [-0.15, -0.1) is 11.3 Å². The zero-order chi connectivity index (χ0) is 25.9. The summed E-state index contributed by atoms with van der Waals surface area (Å²) in [5.74, 6) is -0.932. The van der Waals surface area contributed by atoms with Crippen LogP contribution in [0.5, 0.6) is 0 Å². The van der Waals surface area contributed by atoms with E-state index in [2.05, 4.69) is 0 Å². The zero-order valence-corrected chi connectivity index (χ0v) is 21.7. The number of benzene rings is 2. The van der Waals surface area contributed by atoms with E-state index >= 15 is 0 Å². The van der Waals surface area contributed by atoms with Crippen molar-refractivity contribution >= 4 is 46.4 Å². The van der Waals surface area contributed by atoms with Crippen LogP contribution in [0.25, 0.3) is 11.8 Å². The molecule has 1 atom stereocenters. The second-order valence-corrected chi connectivity index (χ2v) is 10.0. The van der Waals surface area contributed by atoms with Gasteiger partial charge in [-0.05, 0) is 42.1 Å². The SMILES string of the molecule is CCOC(=O)C1=C(c2ccccc2)N=c2s/c(=C\c3ccc(C(=O)OC)cc3)c(=O)n2[C@H]1c1cccs1. The van der Waals surface area contributed by atoms with Gasteiger partial charge < -0.3 is 9.47 Å². The molecule has 1 aliphatic rings. The highest BCUT2D eigenvalue weighted by Crippen LogP contribution is 2.36. The fourth-order valence-corrected chi connectivity index (χ4v) is 5.97. The van der Waals surface area contributed by atoms with Crippen molar-refractivity contribution in [2.75, 3.05) is 13.7 Å². The van der Waals surface area contributed by atoms with E-state index in [0.29, 0.717) is 26.2 Å². The number of ether oxygens (including phenoxy) is 2. The standard InChI is InChI=1S/C28H22N2O5S2/c1-3-35-27(33)22-23(18-8-5-4-6-9-18)29-28-30(24(22)20-10-7-15-36-20)25(31)21(37-28)16-17-11-13-19(14-12-17)26(32)34-2/h4-16,24H,3H2,1-2H3/b21-16-/t24-/m0/s1. The molecule has 0 bridgehead atoms. The van der Waals surface area contributed by atoms with Gasteiger partial charge >= 0.3 is 11.9 Å². The normalized spacial score (nSPS) is 15.2. The number of rotatable bonds is 6. The molecule has 0 unspecified atom stereocenters. The number of carbonyl (C=O) groups excluding carboxylic acids is 2. The molecule has 0 spiro atoms. The summed E-state index contributed by atoms with van der Waals surface area (Å²) in [4.78, 5) is 45.0. The highest BCUT2D eigenvalue weighted by Gasteiger charge is 2.35. The Labute approximate surface area is 220 Å². The highest BCUT2D eigenvalue weighted by molar-refractivity contribution is 7.10. The molecule has 0 amide bonds.